The summed E-state index contributed by atoms with van der Waals surface area (Å²) in [6.45, 7) is 3.23. The fourth-order valence-electron chi connectivity index (χ4n) is 4.15. The molecule has 140 valence electrons. The fourth-order valence-corrected chi connectivity index (χ4v) is 4.28. The van der Waals surface area contributed by atoms with Crippen LogP contribution in [0.1, 0.15) is 57.6 Å². The molecule has 3 rings (SSSR count). The predicted octanol–water partition coefficient (Wildman–Crippen LogP) is 3.85. The number of benzene rings is 1. The molecule has 1 amide bonds. The molecule has 1 aromatic carbocycles. The van der Waals surface area contributed by atoms with Crippen LogP contribution in [0.2, 0.25) is 5.02 Å². The van der Waals surface area contributed by atoms with Crippen LogP contribution in [-0.4, -0.2) is 33.7 Å². The number of carboxylic acids is 1. The van der Waals surface area contributed by atoms with Gasteiger partial charge in [-0.05, 0) is 56.2 Å². The largest absolute Gasteiger partial charge is 0.481 e. The van der Waals surface area contributed by atoms with Crippen molar-refractivity contribution in [3.05, 3.63) is 34.9 Å². The lowest BCUT2D eigenvalue weighted by molar-refractivity contribution is -0.161. The average molecular weight is 378 g/mol. The van der Waals surface area contributed by atoms with Gasteiger partial charge in [-0.2, -0.15) is 0 Å². The van der Waals surface area contributed by atoms with Crippen molar-refractivity contribution in [3.8, 4) is 0 Å². The maximum absolute atomic E-state index is 13.4. The van der Waals surface area contributed by atoms with Crippen LogP contribution in [0, 0.1) is 11.3 Å². The van der Waals surface area contributed by atoms with E-state index in [1.807, 2.05) is 12.1 Å². The molecule has 1 saturated heterocycles. The topological polar surface area (TPSA) is 74.7 Å². The van der Waals surface area contributed by atoms with Gasteiger partial charge in [0.05, 0.1) is 23.9 Å². The van der Waals surface area contributed by atoms with Crippen molar-refractivity contribution in [1.29, 1.82) is 0 Å². The maximum Gasteiger partial charge on any atom is 0.304 e. The van der Waals surface area contributed by atoms with E-state index in [1.54, 1.807) is 24.0 Å². The van der Waals surface area contributed by atoms with E-state index in [1.165, 1.54) is 6.92 Å². The summed E-state index contributed by atoms with van der Waals surface area (Å²) < 4.78 is 0. The third-order valence-corrected chi connectivity index (χ3v) is 5.89. The summed E-state index contributed by atoms with van der Waals surface area (Å²) in [6, 6.07) is 6.64. The first kappa shape index (κ1) is 18.9. The number of carbonyl (C=O) groups excluding carboxylic acids is 2. The standard InChI is InChI=1S/C20H24ClNO4/c1-12(23)18(14-3-4-14)22-16(13-5-7-15(21)8-6-13)9-10-20(2,19(22)26)11-17(24)25/h5-8,14,16,18H,3-4,9-11H2,1-2H3,(H,24,25)/t16?,18?,20-/m1/s1. The summed E-state index contributed by atoms with van der Waals surface area (Å²) in [5.41, 5.74) is -0.0378. The third-order valence-electron chi connectivity index (χ3n) is 5.64. The molecule has 2 unspecified atom stereocenters. The van der Waals surface area contributed by atoms with Crippen LogP contribution in [0.15, 0.2) is 24.3 Å². The van der Waals surface area contributed by atoms with Gasteiger partial charge in [0.25, 0.3) is 0 Å². The molecular weight excluding hydrogens is 354 g/mol. The molecule has 2 aliphatic rings. The van der Waals surface area contributed by atoms with Crippen molar-refractivity contribution < 1.29 is 19.5 Å². The molecule has 2 fully saturated rings. The number of aliphatic carboxylic acids is 1. The number of nitrogens with zero attached hydrogens (tertiary/aromatic N) is 1. The molecule has 1 N–H and O–H groups in total. The quantitative estimate of drug-likeness (QED) is 0.817. The Bertz CT molecular complexity index is 728. The molecular formula is C20H24ClNO4. The molecule has 1 heterocycles. The summed E-state index contributed by atoms with van der Waals surface area (Å²) in [4.78, 5) is 38.8. The molecule has 1 aliphatic heterocycles. The van der Waals surface area contributed by atoms with Crippen LogP contribution in [0.25, 0.3) is 0 Å². The monoisotopic (exact) mass is 377 g/mol. The van der Waals surface area contributed by atoms with Gasteiger partial charge in [-0.1, -0.05) is 30.7 Å². The molecule has 6 heteroatoms. The molecule has 0 bridgehead atoms. The molecule has 1 aliphatic carbocycles. The van der Waals surface area contributed by atoms with Crippen LogP contribution in [0.3, 0.4) is 0 Å². The first-order chi connectivity index (χ1) is 12.2. The Labute approximate surface area is 158 Å². The highest BCUT2D eigenvalue weighted by molar-refractivity contribution is 6.30. The molecule has 1 aromatic rings. The van der Waals surface area contributed by atoms with E-state index in [0.29, 0.717) is 17.9 Å². The van der Waals surface area contributed by atoms with E-state index in [9.17, 15) is 19.5 Å². The van der Waals surface area contributed by atoms with Gasteiger partial charge in [-0.3, -0.25) is 14.4 Å². The minimum absolute atomic E-state index is 0.0283. The van der Waals surface area contributed by atoms with Crippen LogP contribution >= 0.6 is 11.6 Å². The lowest BCUT2D eigenvalue weighted by atomic mass is 9.74. The van der Waals surface area contributed by atoms with Gasteiger partial charge in [0, 0.05) is 5.02 Å². The zero-order chi connectivity index (χ0) is 19.1. The second-order valence-electron chi connectivity index (χ2n) is 7.84. The van der Waals surface area contributed by atoms with Gasteiger partial charge in [0.1, 0.15) is 0 Å². The first-order valence-corrected chi connectivity index (χ1v) is 9.41. The van der Waals surface area contributed by atoms with Gasteiger partial charge in [0.2, 0.25) is 5.91 Å². The Morgan fingerprint density at radius 2 is 1.88 bits per heavy atom. The van der Waals surface area contributed by atoms with Crippen molar-refractivity contribution in [2.45, 2.75) is 58.0 Å². The number of hydrogen-bond acceptors (Lipinski definition) is 3. The van der Waals surface area contributed by atoms with Crippen molar-refractivity contribution in [2.75, 3.05) is 0 Å². The number of hydrogen-bond donors (Lipinski definition) is 1. The molecule has 26 heavy (non-hydrogen) atoms. The lowest BCUT2D eigenvalue weighted by Gasteiger charge is -2.47. The Balaban J connectivity index is 2.01. The highest BCUT2D eigenvalue weighted by Crippen LogP contribution is 2.47. The van der Waals surface area contributed by atoms with E-state index in [2.05, 4.69) is 0 Å². The lowest BCUT2D eigenvalue weighted by Crippen LogP contribution is -2.56. The van der Waals surface area contributed by atoms with E-state index >= 15 is 0 Å². The van der Waals surface area contributed by atoms with Gasteiger partial charge >= 0.3 is 5.97 Å². The highest BCUT2D eigenvalue weighted by Gasteiger charge is 2.51. The second-order valence-corrected chi connectivity index (χ2v) is 8.28. The van der Waals surface area contributed by atoms with Crippen LogP contribution in [0.4, 0.5) is 0 Å². The fraction of sp³-hybridized carbons (Fsp3) is 0.550. The van der Waals surface area contributed by atoms with Crippen LogP contribution in [0.5, 0.6) is 0 Å². The average Bonchev–Trinajstić information content (AvgIpc) is 3.37. The predicted molar refractivity (Wildman–Crippen MR) is 97.8 cm³/mol. The number of amides is 1. The highest BCUT2D eigenvalue weighted by atomic mass is 35.5. The minimum atomic E-state index is -0.989. The SMILES string of the molecule is CC(=O)C(C1CC1)N1C(=O)[C@@](C)(CC(=O)O)CCC1c1ccc(Cl)cc1. The number of rotatable bonds is 6. The van der Waals surface area contributed by atoms with Gasteiger partial charge in [-0.25, -0.2) is 0 Å². The summed E-state index contributed by atoms with van der Waals surface area (Å²) in [5, 5.41) is 9.88. The smallest absolute Gasteiger partial charge is 0.304 e. The number of carbonyl (C=O) groups is 3. The van der Waals surface area contributed by atoms with Gasteiger partial charge < -0.3 is 10.0 Å². The molecule has 5 nitrogen and oxygen atoms in total. The van der Waals surface area contributed by atoms with Crippen LogP contribution < -0.4 is 0 Å². The number of likely N-dealkylation sites (tertiary alicyclic amines) is 1. The number of piperidine rings is 1. The zero-order valence-electron chi connectivity index (χ0n) is 15.1. The Morgan fingerprint density at radius 3 is 2.38 bits per heavy atom. The third kappa shape index (κ3) is 3.63. The number of ketones is 1. The number of carboxylic acid groups (broad SMARTS) is 1. The van der Waals surface area contributed by atoms with Gasteiger partial charge in [0.15, 0.2) is 5.78 Å². The van der Waals surface area contributed by atoms with Gasteiger partial charge in [-0.15, -0.1) is 0 Å². The Morgan fingerprint density at radius 1 is 1.27 bits per heavy atom. The summed E-state index contributed by atoms with van der Waals surface area (Å²) >= 11 is 5.99. The van der Waals surface area contributed by atoms with Crippen molar-refractivity contribution in [3.63, 3.8) is 0 Å². The molecule has 3 atom stereocenters. The normalized spacial score (nSPS) is 27.3. The maximum atomic E-state index is 13.4. The Hall–Kier alpha value is -1.88. The number of Topliss-reactive ketones (excluding diaryl/α,β-unsaturated/α-hetero) is 1. The first-order valence-electron chi connectivity index (χ1n) is 9.03. The Kier molecular flexibility index (Phi) is 5.11. The van der Waals surface area contributed by atoms with Crippen molar-refractivity contribution >= 4 is 29.3 Å². The minimum Gasteiger partial charge on any atom is -0.481 e. The summed E-state index contributed by atoms with van der Waals surface area (Å²) in [6.07, 6.45) is 2.75. The van der Waals surface area contributed by atoms with Crippen molar-refractivity contribution in [2.24, 2.45) is 11.3 Å². The number of halogens is 1. The molecule has 0 radical (unpaired) electrons. The van der Waals surface area contributed by atoms with E-state index in [0.717, 1.165) is 18.4 Å². The molecule has 0 spiro atoms. The zero-order valence-corrected chi connectivity index (χ0v) is 15.8. The molecule has 1 saturated carbocycles. The van der Waals surface area contributed by atoms with Crippen molar-refractivity contribution in [1.82, 2.24) is 4.90 Å². The van der Waals surface area contributed by atoms with Crippen LogP contribution in [-0.2, 0) is 14.4 Å². The van der Waals surface area contributed by atoms with E-state index < -0.39 is 17.4 Å². The van der Waals surface area contributed by atoms with E-state index in [4.69, 9.17) is 11.6 Å². The molecule has 0 aromatic heterocycles. The summed E-state index contributed by atoms with van der Waals surface area (Å²) in [7, 11) is 0. The second kappa shape index (κ2) is 7.03. The van der Waals surface area contributed by atoms with E-state index in [-0.39, 0.29) is 30.1 Å². The summed E-state index contributed by atoms with van der Waals surface area (Å²) in [5.74, 6) is -1.06.